The molecule has 0 heterocycles. The van der Waals surface area contributed by atoms with Gasteiger partial charge in [0.15, 0.2) is 0 Å². The molecule has 2 heteroatoms. The molecule has 0 aromatic carbocycles. The largest absolute Gasteiger partial charge is 0.380 e. The van der Waals surface area contributed by atoms with Gasteiger partial charge in [0.2, 0.25) is 0 Å². The molecule has 0 saturated heterocycles. The fourth-order valence-electron chi connectivity index (χ4n) is 2.62. The van der Waals surface area contributed by atoms with Crippen molar-refractivity contribution in [1.82, 2.24) is 5.32 Å². The molecule has 0 bridgehead atoms. The van der Waals surface area contributed by atoms with E-state index in [9.17, 15) is 0 Å². The summed E-state index contributed by atoms with van der Waals surface area (Å²) in [5.74, 6) is 1.77. The topological polar surface area (TPSA) is 21.3 Å². The Morgan fingerprint density at radius 3 is 3.14 bits per heavy atom. The molecule has 1 fully saturated rings. The van der Waals surface area contributed by atoms with Crippen LogP contribution in [0.5, 0.6) is 0 Å². The summed E-state index contributed by atoms with van der Waals surface area (Å²) < 4.78 is 5.40. The fourth-order valence-corrected chi connectivity index (χ4v) is 2.62. The van der Waals surface area contributed by atoms with E-state index in [1.54, 1.807) is 0 Å². The van der Waals surface area contributed by atoms with Gasteiger partial charge in [-0.1, -0.05) is 12.2 Å². The average Bonchev–Trinajstić information content (AvgIpc) is 2.53. The van der Waals surface area contributed by atoms with Gasteiger partial charge in [0.25, 0.3) is 0 Å². The van der Waals surface area contributed by atoms with Crippen molar-refractivity contribution in [2.75, 3.05) is 13.2 Å². The second-order valence-electron chi connectivity index (χ2n) is 4.57. The van der Waals surface area contributed by atoms with E-state index in [0.717, 1.165) is 25.0 Å². The van der Waals surface area contributed by atoms with E-state index in [1.807, 2.05) is 6.92 Å². The maximum absolute atomic E-state index is 5.40. The number of nitrogens with one attached hydrogen (secondary N) is 1. The van der Waals surface area contributed by atoms with E-state index in [-0.39, 0.29) is 0 Å². The van der Waals surface area contributed by atoms with Crippen LogP contribution in [0.3, 0.4) is 0 Å². The third kappa shape index (κ3) is 2.01. The maximum Gasteiger partial charge on any atom is 0.0616 e. The molecule has 2 nitrogen and oxygen atoms in total. The van der Waals surface area contributed by atoms with Crippen LogP contribution in [0.25, 0.3) is 0 Å². The van der Waals surface area contributed by atoms with Crippen LogP contribution in [0.4, 0.5) is 0 Å². The Morgan fingerprint density at radius 2 is 2.43 bits per heavy atom. The van der Waals surface area contributed by atoms with Crippen LogP contribution in [0.15, 0.2) is 12.2 Å². The molecule has 0 aromatic heterocycles. The molecule has 0 spiro atoms. The third-order valence-electron chi connectivity index (χ3n) is 3.43. The van der Waals surface area contributed by atoms with Crippen molar-refractivity contribution >= 4 is 0 Å². The normalized spacial score (nSPS) is 36.6. The number of rotatable bonds is 5. The smallest absolute Gasteiger partial charge is 0.0616 e. The Bertz CT molecular complexity index is 214. The lowest BCUT2D eigenvalue weighted by atomic mass is 9.71. The van der Waals surface area contributed by atoms with Crippen molar-refractivity contribution in [2.45, 2.75) is 38.8 Å². The van der Waals surface area contributed by atoms with Crippen LogP contribution in [0.1, 0.15) is 26.7 Å². The van der Waals surface area contributed by atoms with Crippen molar-refractivity contribution in [1.29, 1.82) is 0 Å². The average molecular weight is 195 g/mol. The standard InChI is InChI=1S/C12H21NO/c1-3-14-8-9(2)13-12-7-10-5-4-6-11(10)12/h4,6,9-13H,3,5,7-8H2,1-2H3. The molecular formula is C12H21NO. The molecule has 1 N–H and O–H groups in total. The van der Waals surface area contributed by atoms with E-state index in [0.29, 0.717) is 12.1 Å². The summed E-state index contributed by atoms with van der Waals surface area (Å²) in [5, 5.41) is 3.65. The Hall–Kier alpha value is -0.340. The number of hydrogen-bond acceptors (Lipinski definition) is 2. The molecule has 1 saturated carbocycles. The lowest BCUT2D eigenvalue weighted by Gasteiger charge is -2.42. The summed E-state index contributed by atoms with van der Waals surface area (Å²) in [5.41, 5.74) is 0. The maximum atomic E-state index is 5.40. The number of fused-ring (bicyclic) bond motifs is 1. The van der Waals surface area contributed by atoms with Gasteiger partial charge in [0.1, 0.15) is 0 Å². The predicted molar refractivity (Wildman–Crippen MR) is 58.2 cm³/mol. The van der Waals surface area contributed by atoms with Crippen LogP contribution in [-0.2, 0) is 4.74 Å². The lowest BCUT2D eigenvalue weighted by molar-refractivity contribution is 0.0952. The Labute approximate surface area is 86.7 Å². The molecule has 80 valence electrons. The Balaban J connectivity index is 1.68. The number of ether oxygens (including phenoxy) is 1. The van der Waals surface area contributed by atoms with Crippen molar-refractivity contribution < 1.29 is 4.74 Å². The highest BCUT2D eigenvalue weighted by atomic mass is 16.5. The van der Waals surface area contributed by atoms with Crippen LogP contribution >= 0.6 is 0 Å². The molecule has 0 aliphatic heterocycles. The monoisotopic (exact) mass is 195 g/mol. The summed E-state index contributed by atoms with van der Waals surface area (Å²) in [4.78, 5) is 0. The van der Waals surface area contributed by atoms with Gasteiger partial charge in [-0.2, -0.15) is 0 Å². The molecule has 0 aromatic rings. The van der Waals surface area contributed by atoms with Crippen LogP contribution in [-0.4, -0.2) is 25.3 Å². The first kappa shape index (κ1) is 10.2. The van der Waals surface area contributed by atoms with Gasteiger partial charge in [0.05, 0.1) is 6.61 Å². The minimum atomic E-state index is 0.495. The van der Waals surface area contributed by atoms with E-state index in [1.165, 1.54) is 12.8 Å². The minimum absolute atomic E-state index is 0.495. The SMILES string of the molecule is CCOCC(C)NC1CC2CC=CC21. The van der Waals surface area contributed by atoms with Gasteiger partial charge in [-0.15, -0.1) is 0 Å². The van der Waals surface area contributed by atoms with E-state index < -0.39 is 0 Å². The van der Waals surface area contributed by atoms with Gasteiger partial charge in [-0.25, -0.2) is 0 Å². The van der Waals surface area contributed by atoms with Gasteiger partial charge >= 0.3 is 0 Å². The van der Waals surface area contributed by atoms with Crippen LogP contribution in [0, 0.1) is 11.8 Å². The molecule has 0 amide bonds. The molecule has 4 unspecified atom stereocenters. The predicted octanol–water partition coefficient (Wildman–Crippen LogP) is 1.97. The second-order valence-corrected chi connectivity index (χ2v) is 4.57. The van der Waals surface area contributed by atoms with Crippen LogP contribution < -0.4 is 5.32 Å². The van der Waals surface area contributed by atoms with Crippen molar-refractivity contribution in [3.63, 3.8) is 0 Å². The summed E-state index contributed by atoms with van der Waals surface area (Å²) in [7, 11) is 0. The number of hydrogen-bond donors (Lipinski definition) is 1. The Morgan fingerprint density at radius 1 is 1.57 bits per heavy atom. The highest BCUT2D eigenvalue weighted by Gasteiger charge is 2.41. The first-order valence-electron chi connectivity index (χ1n) is 5.81. The van der Waals surface area contributed by atoms with E-state index >= 15 is 0 Å². The van der Waals surface area contributed by atoms with Gasteiger partial charge < -0.3 is 10.1 Å². The van der Waals surface area contributed by atoms with Gasteiger partial charge in [-0.3, -0.25) is 0 Å². The molecule has 2 aliphatic rings. The first-order chi connectivity index (χ1) is 6.81. The second kappa shape index (κ2) is 4.45. The minimum Gasteiger partial charge on any atom is -0.380 e. The van der Waals surface area contributed by atoms with E-state index in [2.05, 4.69) is 24.4 Å². The summed E-state index contributed by atoms with van der Waals surface area (Å²) in [6, 6.07) is 1.21. The lowest BCUT2D eigenvalue weighted by Crippen LogP contribution is -2.52. The summed E-state index contributed by atoms with van der Waals surface area (Å²) in [6.45, 7) is 5.92. The zero-order valence-corrected chi connectivity index (χ0v) is 9.20. The quantitative estimate of drug-likeness (QED) is 0.677. The van der Waals surface area contributed by atoms with Crippen molar-refractivity contribution in [2.24, 2.45) is 11.8 Å². The van der Waals surface area contributed by atoms with Crippen molar-refractivity contribution in [3.8, 4) is 0 Å². The van der Waals surface area contributed by atoms with Gasteiger partial charge in [-0.05, 0) is 38.5 Å². The van der Waals surface area contributed by atoms with E-state index in [4.69, 9.17) is 4.74 Å². The molecule has 2 aliphatic carbocycles. The summed E-state index contributed by atoms with van der Waals surface area (Å²) in [6.07, 6.45) is 7.39. The fraction of sp³-hybridized carbons (Fsp3) is 0.833. The zero-order chi connectivity index (χ0) is 9.97. The third-order valence-corrected chi connectivity index (χ3v) is 3.43. The molecule has 4 atom stereocenters. The molecular weight excluding hydrogens is 174 g/mol. The molecule has 2 rings (SSSR count). The highest BCUT2D eigenvalue weighted by molar-refractivity contribution is 5.13. The number of allylic oxidation sites excluding steroid dienone is 1. The van der Waals surface area contributed by atoms with Crippen molar-refractivity contribution in [3.05, 3.63) is 12.2 Å². The van der Waals surface area contributed by atoms with Crippen LogP contribution in [0.2, 0.25) is 0 Å². The molecule has 14 heavy (non-hydrogen) atoms. The highest BCUT2D eigenvalue weighted by Crippen LogP contribution is 2.42. The van der Waals surface area contributed by atoms with Gasteiger partial charge in [0, 0.05) is 18.7 Å². The molecule has 0 radical (unpaired) electrons. The first-order valence-corrected chi connectivity index (χ1v) is 5.81. The Kier molecular flexibility index (Phi) is 3.24. The summed E-state index contributed by atoms with van der Waals surface area (Å²) >= 11 is 0. The zero-order valence-electron chi connectivity index (χ0n) is 9.20.